The van der Waals surface area contributed by atoms with Gasteiger partial charge < -0.3 is 9.64 Å². The third-order valence-corrected chi connectivity index (χ3v) is 9.30. The van der Waals surface area contributed by atoms with E-state index in [9.17, 15) is 13.2 Å². The van der Waals surface area contributed by atoms with Crippen molar-refractivity contribution in [1.29, 1.82) is 0 Å². The smallest absolute Gasteiger partial charge is 0.252 e. The second-order valence-electron chi connectivity index (χ2n) is 8.89. The van der Waals surface area contributed by atoms with Crippen LogP contribution in [0.1, 0.15) is 16.7 Å². The summed E-state index contributed by atoms with van der Waals surface area (Å²) >= 11 is 1.38. The van der Waals surface area contributed by atoms with Crippen molar-refractivity contribution in [2.45, 2.75) is 31.2 Å². The molecule has 0 spiro atoms. The first-order valence-corrected chi connectivity index (χ1v) is 14.2. The average Bonchev–Trinajstić information content (AvgIpc) is 3.29. The third kappa shape index (κ3) is 5.60. The molecular formula is C27H26N2O4S2. The highest BCUT2D eigenvalue weighted by atomic mass is 32.2. The van der Waals surface area contributed by atoms with Gasteiger partial charge in [0.2, 0.25) is 0 Å². The van der Waals surface area contributed by atoms with Crippen molar-refractivity contribution >= 4 is 38.4 Å². The first-order chi connectivity index (χ1) is 16.9. The van der Waals surface area contributed by atoms with Crippen molar-refractivity contribution in [1.82, 2.24) is 0 Å². The molecule has 35 heavy (non-hydrogen) atoms. The monoisotopic (exact) mass is 506 g/mol. The van der Waals surface area contributed by atoms with Gasteiger partial charge in [-0.15, -0.1) is 0 Å². The summed E-state index contributed by atoms with van der Waals surface area (Å²) in [6.45, 7) is 2.45. The molecule has 2 aliphatic rings. The minimum atomic E-state index is -3.13. The Morgan fingerprint density at radius 2 is 1.74 bits per heavy atom. The second kappa shape index (κ2) is 9.87. The van der Waals surface area contributed by atoms with Gasteiger partial charge in [-0.3, -0.25) is 4.79 Å². The Morgan fingerprint density at radius 1 is 1.00 bits per heavy atom. The molecule has 1 amide bonds. The number of amides is 1. The molecule has 6 nitrogen and oxygen atoms in total. The van der Waals surface area contributed by atoms with Crippen LogP contribution in [-0.4, -0.2) is 42.3 Å². The van der Waals surface area contributed by atoms with Crippen LogP contribution in [0.15, 0.2) is 83.9 Å². The Morgan fingerprint density at radius 3 is 2.49 bits per heavy atom. The molecule has 0 bridgehead atoms. The number of nitrogens with zero attached hydrogens (tertiary/aromatic N) is 2. The fraction of sp³-hybridized carbons (Fsp3) is 0.259. The fourth-order valence-corrected chi connectivity index (χ4v) is 8.38. The van der Waals surface area contributed by atoms with Crippen LogP contribution in [0.3, 0.4) is 0 Å². The van der Waals surface area contributed by atoms with Gasteiger partial charge in [0.05, 0.1) is 24.0 Å². The number of carbonyl (C=O) groups is 1. The van der Waals surface area contributed by atoms with Gasteiger partial charge in [-0.05, 0) is 42.3 Å². The van der Waals surface area contributed by atoms with Gasteiger partial charge in [-0.2, -0.15) is 4.99 Å². The molecule has 3 aromatic carbocycles. The molecule has 0 aromatic heterocycles. The maximum Gasteiger partial charge on any atom is 0.252 e. The summed E-state index contributed by atoms with van der Waals surface area (Å²) in [6.07, 6.45) is 0.208. The number of carbonyl (C=O) groups excluding carboxylic acids is 1. The van der Waals surface area contributed by atoms with Crippen LogP contribution in [0.2, 0.25) is 0 Å². The molecule has 180 valence electrons. The number of hydrogen-bond donors (Lipinski definition) is 0. The molecule has 2 fully saturated rings. The number of rotatable bonds is 6. The van der Waals surface area contributed by atoms with Crippen LogP contribution < -0.4 is 9.64 Å². The molecule has 2 atom stereocenters. The lowest BCUT2D eigenvalue weighted by molar-refractivity contribution is -0.117. The van der Waals surface area contributed by atoms with Crippen molar-refractivity contribution in [3.8, 4) is 5.75 Å². The number of aryl methyl sites for hydroxylation is 1. The van der Waals surface area contributed by atoms with E-state index in [1.54, 1.807) is 0 Å². The first kappa shape index (κ1) is 23.6. The predicted octanol–water partition coefficient (Wildman–Crippen LogP) is 4.42. The van der Waals surface area contributed by atoms with Gasteiger partial charge in [-0.25, -0.2) is 8.42 Å². The number of ether oxygens (including phenoxy) is 1. The topological polar surface area (TPSA) is 76.0 Å². The van der Waals surface area contributed by atoms with E-state index in [2.05, 4.69) is 4.99 Å². The largest absolute Gasteiger partial charge is 0.489 e. The van der Waals surface area contributed by atoms with Crippen LogP contribution in [0.4, 0.5) is 5.69 Å². The van der Waals surface area contributed by atoms with Gasteiger partial charge in [0.25, 0.3) is 5.91 Å². The standard InChI is InChI=1S/C27H26N2O4S2/c1-19-6-5-9-21(14-19)15-26(30)28-27-29(24-17-35(31,32)18-25(24)34-27)22-10-12-23(13-11-22)33-16-20-7-3-2-4-8-20/h2-14,24-25H,15-18H2,1H3/t24-,25+/m1/s1. The molecule has 0 radical (unpaired) electrons. The lowest BCUT2D eigenvalue weighted by Crippen LogP contribution is -2.37. The van der Waals surface area contributed by atoms with E-state index in [4.69, 9.17) is 4.74 Å². The molecule has 2 saturated heterocycles. The second-order valence-corrected chi connectivity index (χ2v) is 12.3. The molecule has 0 saturated carbocycles. The number of hydrogen-bond acceptors (Lipinski definition) is 5. The Bertz CT molecular complexity index is 1360. The summed E-state index contributed by atoms with van der Waals surface area (Å²) in [6, 6.07) is 25.0. The minimum absolute atomic E-state index is 0.0576. The van der Waals surface area contributed by atoms with Gasteiger partial charge in [-0.1, -0.05) is 71.9 Å². The van der Waals surface area contributed by atoms with E-state index < -0.39 is 9.84 Å². The molecule has 2 aliphatic heterocycles. The quantitative estimate of drug-likeness (QED) is 0.493. The fourth-order valence-electron chi connectivity index (χ4n) is 4.45. The van der Waals surface area contributed by atoms with Gasteiger partial charge in [0.15, 0.2) is 15.0 Å². The summed E-state index contributed by atoms with van der Waals surface area (Å²) in [5.41, 5.74) is 3.88. The highest BCUT2D eigenvalue weighted by molar-refractivity contribution is 8.16. The van der Waals surface area contributed by atoms with Crippen LogP contribution >= 0.6 is 11.8 Å². The molecule has 0 unspecified atom stereocenters. The number of sulfone groups is 1. The number of benzene rings is 3. The third-order valence-electron chi connectivity index (χ3n) is 6.09. The van der Waals surface area contributed by atoms with Crippen LogP contribution in [0.25, 0.3) is 0 Å². The maximum atomic E-state index is 12.8. The zero-order valence-electron chi connectivity index (χ0n) is 19.3. The molecule has 3 aromatic rings. The minimum Gasteiger partial charge on any atom is -0.489 e. The first-order valence-electron chi connectivity index (χ1n) is 11.5. The molecular weight excluding hydrogens is 480 g/mol. The summed E-state index contributed by atoms with van der Waals surface area (Å²) in [7, 11) is -3.13. The Kier molecular flexibility index (Phi) is 6.67. The van der Waals surface area contributed by atoms with E-state index in [1.165, 1.54) is 11.8 Å². The van der Waals surface area contributed by atoms with Crippen molar-refractivity contribution < 1.29 is 17.9 Å². The summed E-state index contributed by atoms with van der Waals surface area (Å²) < 4.78 is 30.6. The van der Waals surface area contributed by atoms with E-state index >= 15 is 0 Å². The van der Waals surface area contributed by atoms with E-state index in [0.717, 1.165) is 22.4 Å². The average molecular weight is 507 g/mol. The lowest BCUT2D eigenvalue weighted by Gasteiger charge is -2.24. The van der Waals surface area contributed by atoms with E-state index in [0.29, 0.717) is 17.5 Å². The summed E-state index contributed by atoms with van der Waals surface area (Å²) in [5, 5.41) is 0.421. The van der Waals surface area contributed by atoms with Crippen molar-refractivity contribution in [3.63, 3.8) is 0 Å². The van der Waals surface area contributed by atoms with Crippen molar-refractivity contribution in [2.24, 2.45) is 4.99 Å². The van der Waals surface area contributed by atoms with E-state index in [1.807, 2.05) is 90.7 Å². The number of fused-ring (bicyclic) bond motifs is 1. The number of aliphatic imine (C=N–C) groups is 1. The van der Waals surface area contributed by atoms with Gasteiger partial charge >= 0.3 is 0 Å². The summed E-state index contributed by atoms with van der Waals surface area (Å²) in [5.74, 6) is 0.632. The number of anilines is 1. The molecule has 0 aliphatic carbocycles. The Labute approximate surface area is 209 Å². The van der Waals surface area contributed by atoms with E-state index in [-0.39, 0.29) is 35.1 Å². The van der Waals surface area contributed by atoms with Gasteiger partial charge in [0, 0.05) is 10.9 Å². The lowest BCUT2D eigenvalue weighted by atomic mass is 10.1. The highest BCUT2D eigenvalue weighted by Crippen LogP contribution is 2.41. The zero-order valence-corrected chi connectivity index (χ0v) is 21.0. The van der Waals surface area contributed by atoms with Crippen molar-refractivity contribution in [3.05, 3.63) is 95.6 Å². The Hall–Kier alpha value is -3.10. The van der Waals surface area contributed by atoms with Crippen LogP contribution in [0.5, 0.6) is 5.75 Å². The van der Waals surface area contributed by atoms with Gasteiger partial charge in [0.1, 0.15) is 12.4 Å². The van der Waals surface area contributed by atoms with Crippen molar-refractivity contribution in [2.75, 3.05) is 16.4 Å². The Balaban J connectivity index is 1.36. The molecule has 5 rings (SSSR count). The summed E-state index contributed by atoms with van der Waals surface area (Å²) in [4.78, 5) is 19.2. The van der Waals surface area contributed by atoms with Crippen LogP contribution in [-0.2, 0) is 27.7 Å². The SMILES string of the molecule is Cc1cccc(CC(=O)N=C2S[C@H]3CS(=O)(=O)C[C@H]3N2c2ccc(OCc3ccccc3)cc2)c1. The molecule has 8 heteroatoms. The normalized spacial score (nSPS) is 21.7. The predicted molar refractivity (Wildman–Crippen MR) is 141 cm³/mol. The number of thioether (sulfide) groups is 1. The molecule has 2 heterocycles. The number of amidine groups is 1. The van der Waals surface area contributed by atoms with Crippen LogP contribution in [0, 0.1) is 6.92 Å². The maximum absolute atomic E-state index is 12.8. The zero-order chi connectivity index (χ0) is 24.4. The highest BCUT2D eigenvalue weighted by Gasteiger charge is 2.49. The molecule has 0 N–H and O–H groups in total.